The number of carbonyl (C=O) groups is 1. The number of likely N-dealkylation sites (N-methyl/N-ethyl adjacent to an activating group) is 1. The molecule has 0 bridgehead atoms. The van der Waals surface area contributed by atoms with Crippen molar-refractivity contribution in [1.29, 1.82) is 0 Å². The molecule has 1 aliphatic heterocycles. The zero-order chi connectivity index (χ0) is 11.9. The van der Waals surface area contributed by atoms with Crippen LogP contribution in [0, 0.1) is 0 Å². The molecule has 0 aromatic heterocycles. The maximum absolute atomic E-state index is 11.5. The lowest BCUT2D eigenvalue weighted by Crippen LogP contribution is -2.23. The highest BCUT2D eigenvalue weighted by Crippen LogP contribution is 2.30. The molecule has 0 radical (unpaired) electrons. The average Bonchev–Trinajstić information content (AvgIpc) is 2.53. The first kappa shape index (κ1) is 11.1. The fourth-order valence-corrected chi connectivity index (χ4v) is 1.98. The first-order valence-corrected chi connectivity index (χ1v) is 5.33. The number of hydrogen-bond acceptors (Lipinski definition) is 3. The minimum absolute atomic E-state index is 0.0952. The van der Waals surface area contributed by atoms with Crippen molar-refractivity contribution in [2.45, 2.75) is 25.5 Å². The Bertz CT molecular complexity index is 429. The van der Waals surface area contributed by atoms with E-state index in [2.05, 4.69) is 0 Å². The van der Waals surface area contributed by atoms with Crippen molar-refractivity contribution in [3.05, 3.63) is 29.3 Å². The summed E-state index contributed by atoms with van der Waals surface area (Å²) in [6, 6.07) is 5.27. The quantitative estimate of drug-likeness (QED) is 0.766. The molecule has 0 aliphatic carbocycles. The van der Waals surface area contributed by atoms with Gasteiger partial charge >= 0.3 is 0 Å². The van der Waals surface area contributed by atoms with Crippen molar-refractivity contribution in [2.24, 2.45) is 5.73 Å². The molecule has 86 valence electrons. The Morgan fingerprint density at radius 1 is 1.50 bits per heavy atom. The van der Waals surface area contributed by atoms with E-state index in [4.69, 9.17) is 5.73 Å². The summed E-state index contributed by atoms with van der Waals surface area (Å²) in [5, 5.41) is 9.42. The Kier molecular flexibility index (Phi) is 2.69. The number of aliphatic hydroxyl groups excluding tert-OH is 1. The van der Waals surface area contributed by atoms with Crippen LogP contribution in [0.5, 0.6) is 0 Å². The highest BCUT2D eigenvalue weighted by molar-refractivity contribution is 6.00. The predicted octanol–water partition coefficient (Wildman–Crippen LogP) is 0.586. The van der Waals surface area contributed by atoms with Gasteiger partial charge in [0, 0.05) is 12.7 Å². The van der Waals surface area contributed by atoms with Crippen molar-refractivity contribution in [3.8, 4) is 0 Å². The number of anilines is 1. The first-order valence-electron chi connectivity index (χ1n) is 5.33. The molecule has 2 atom stereocenters. The van der Waals surface area contributed by atoms with Gasteiger partial charge in [-0.15, -0.1) is 0 Å². The molecule has 0 saturated carbocycles. The van der Waals surface area contributed by atoms with Gasteiger partial charge in [-0.1, -0.05) is 12.1 Å². The second-order valence-corrected chi connectivity index (χ2v) is 4.28. The van der Waals surface area contributed by atoms with Crippen molar-refractivity contribution in [1.82, 2.24) is 0 Å². The number of hydrogen-bond donors (Lipinski definition) is 2. The van der Waals surface area contributed by atoms with E-state index in [1.807, 2.05) is 18.2 Å². The third kappa shape index (κ3) is 1.70. The summed E-state index contributed by atoms with van der Waals surface area (Å²) < 4.78 is 0. The summed E-state index contributed by atoms with van der Waals surface area (Å²) in [6.07, 6.45) is -0.167. The third-order valence-corrected chi connectivity index (χ3v) is 3.09. The van der Waals surface area contributed by atoms with Gasteiger partial charge in [0.05, 0.1) is 18.6 Å². The highest BCUT2D eigenvalue weighted by Gasteiger charge is 2.25. The fourth-order valence-electron chi connectivity index (χ4n) is 1.98. The molecule has 0 fully saturated rings. The number of benzene rings is 1. The number of aliphatic hydroxyl groups is 1. The summed E-state index contributed by atoms with van der Waals surface area (Å²) in [5.74, 6) is 0.0952. The number of nitrogens with two attached hydrogens (primary N) is 1. The smallest absolute Gasteiger partial charge is 0.231 e. The zero-order valence-corrected chi connectivity index (χ0v) is 9.47. The van der Waals surface area contributed by atoms with E-state index in [-0.39, 0.29) is 5.91 Å². The van der Waals surface area contributed by atoms with Gasteiger partial charge in [0.2, 0.25) is 5.91 Å². The van der Waals surface area contributed by atoms with Gasteiger partial charge in [0.25, 0.3) is 0 Å². The summed E-state index contributed by atoms with van der Waals surface area (Å²) in [5.41, 5.74) is 8.65. The van der Waals surface area contributed by atoms with Gasteiger partial charge in [0.1, 0.15) is 0 Å². The summed E-state index contributed by atoms with van der Waals surface area (Å²) >= 11 is 0. The van der Waals surface area contributed by atoms with E-state index in [1.165, 1.54) is 0 Å². The Balaban J connectivity index is 2.35. The predicted molar refractivity (Wildman–Crippen MR) is 62.2 cm³/mol. The maximum atomic E-state index is 11.5. The minimum atomic E-state index is -0.590. The monoisotopic (exact) mass is 220 g/mol. The fraction of sp³-hybridized carbons (Fsp3) is 0.417. The average molecular weight is 220 g/mol. The lowest BCUT2D eigenvalue weighted by atomic mass is 10.00. The Morgan fingerprint density at radius 2 is 2.19 bits per heavy atom. The van der Waals surface area contributed by atoms with Crippen LogP contribution in [0.4, 0.5) is 5.69 Å². The molecule has 1 amide bonds. The lowest BCUT2D eigenvalue weighted by Gasteiger charge is -2.16. The summed E-state index contributed by atoms with van der Waals surface area (Å²) in [7, 11) is 1.77. The molecule has 1 aliphatic rings. The molecule has 1 aromatic rings. The number of rotatable bonds is 2. The molecule has 4 heteroatoms. The van der Waals surface area contributed by atoms with Crippen LogP contribution in [0.25, 0.3) is 0 Å². The van der Waals surface area contributed by atoms with Crippen LogP contribution < -0.4 is 10.6 Å². The number of nitrogens with zero attached hydrogens (tertiary/aromatic N) is 1. The second-order valence-electron chi connectivity index (χ2n) is 4.28. The van der Waals surface area contributed by atoms with Crippen LogP contribution in [0.15, 0.2) is 18.2 Å². The van der Waals surface area contributed by atoms with E-state index >= 15 is 0 Å². The molecule has 2 rings (SSSR count). The van der Waals surface area contributed by atoms with Gasteiger partial charge < -0.3 is 15.7 Å². The molecule has 2 unspecified atom stereocenters. The van der Waals surface area contributed by atoms with E-state index in [0.29, 0.717) is 6.42 Å². The van der Waals surface area contributed by atoms with E-state index in [0.717, 1.165) is 16.8 Å². The third-order valence-electron chi connectivity index (χ3n) is 3.09. The van der Waals surface area contributed by atoms with Crippen LogP contribution in [0.1, 0.15) is 24.1 Å². The largest absolute Gasteiger partial charge is 0.391 e. The van der Waals surface area contributed by atoms with Gasteiger partial charge in [0.15, 0.2) is 0 Å². The van der Waals surface area contributed by atoms with Gasteiger partial charge in [-0.3, -0.25) is 4.79 Å². The molecule has 3 N–H and O–H groups in total. The first-order chi connectivity index (χ1) is 7.50. The molecule has 0 spiro atoms. The molecule has 1 heterocycles. The highest BCUT2D eigenvalue weighted by atomic mass is 16.3. The van der Waals surface area contributed by atoms with E-state index in [1.54, 1.807) is 18.9 Å². The van der Waals surface area contributed by atoms with Crippen molar-refractivity contribution in [3.63, 3.8) is 0 Å². The second kappa shape index (κ2) is 3.88. The molecule has 0 saturated heterocycles. The SMILES string of the molecule is CC(O)C(N)c1ccc2c(c1)CC(=O)N2C. The Morgan fingerprint density at radius 3 is 2.81 bits per heavy atom. The maximum Gasteiger partial charge on any atom is 0.231 e. The van der Waals surface area contributed by atoms with Crippen molar-refractivity contribution < 1.29 is 9.90 Å². The van der Waals surface area contributed by atoms with Crippen molar-refractivity contribution in [2.75, 3.05) is 11.9 Å². The molecule has 16 heavy (non-hydrogen) atoms. The van der Waals surface area contributed by atoms with Crippen LogP contribution in [0.2, 0.25) is 0 Å². The van der Waals surface area contributed by atoms with Gasteiger partial charge in [-0.25, -0.2) is 0 Å². The molecule has 4 nitrogen and oxygen atoms in total. The van der Waals surface area contributed by atoms with Crippen molar-refractivity contribution >= 4 is 11.6 Å². The minimum Gasteiger partial charge on any atom is -0.391 e. The standard InChI is InChI=1S/C12H16N2O2/c1-7(15)12(13)8-3-4-10-9(5-8)6-11(16)14(10)2/h3-5,7,12,15H,6,13H2,1-2H3. The molecular formula is C12H16N2O2. The summed E-state index contributed by atoms with van der Waals surface area (Å²) in [6.45, 7) is 1.66. The number of amides is 1. The van der Waals surface area contributed by atoms with Gasteiger partial charge in [-0.2, -0.15) is 0 Å². The van der Waals surface area contributed by atoms with Crippen LogP contribution in [-0.4, -0.2) is 24.2 Å². The molecule has 1 aromatic carbocycles. The normalized spacial score (nSPS) is 18.5. The van der Waals surface area contributed by atoms with E-state index in [9.17, 15) is 9.90 Å². The van der Waals surface area contributed by atoms with Crippen LogP contribution in [-0.2, 0) is 11.2 Å². The van der Waals surface area contributed by atoms with Crippen LogP contribution >= 0.6 is 0 Å². The summed E-state index contributed by atoms with van der Waals surface area (Å²) in [4.78, 5) is 13.1. The lowest BCUT2D eigenvalue weighted by molar-refractivity contribution is -0.117. The Labute approximate surface area is 94.7 Å². The van der Waals surface area contributed by atoms with Gasteiger partial charge in [-0.05, 0) is 24.1 Å². The topological polar surface area (TPSA) is 66.6 Å². The number of carbonyl (C=O) groups excluding carboxylic acids is 1. The number of fused-ring (bicyclic) bond motifs is 1. The zero-order valence-electron chi connectivity index (χ0n) is 9.47. The van der Waals surface area contributed by atoms with E-state index < -0.39 is 12.1 Å². The molecular weight excluding hydrogens is 204 g/mol. The van der Waals surface area contributed by atoms with Crippen LogP contribution in [0.3, 0.4) is 0 Å². The Hall–Kier alpha value is -1.39.